The highest BCUT2D eigenvalue weighted by Crippen LogP contribution is 2.28. The number of H-pyrrole nitrogens is 1. The van der Waals surface area contributed by atoms with Crippen LogP contribution in [0.15, 0.2) is 60.8 Å². The van der Waals surface area contributed by atoms with E-state index >= 15 is 0 Å². The third kappa shape index (κ3) is 5.48. The molecule has 0 bridgehead atoms. The lowest BCUT2D eigenvalue weighted by Gasteiger charge is -2.24. The highest BCUT2D eigenvalue weighted by Gasteiger charge is 2.30. The molecule has 2 atom stereocenters. The summed E-state index contributed by atoms with van der Waals surface area (Å²) in [5, 5.41) is 11.7. The molecule has 0 spiro atoms. The second kappa shape index (κ2) is 9.84. The van der Waals surface area contributed by atoms with Crippen molar-refractivity contribution in [2.75, 3.05) is 6.54 Å². The van der Waals surface area contributed by atoms with Crippen LogP contribution in [0.2, 0.25) is 0 Å². The van der Waals surface area contributed by atoms with E-state index in [0.29, 0.717) is 6.61 Å². The summed E-state index contributed by atoms with van der Waals surface area (Å²) in [6, 6.07) is 16.2. The lowest BCUT2D eigenvalue weighted by molar-refractivity contribution is 0.0634. The summed E-state index contributed by atoms with van der Waals surface area (Å²) < 4.78 is 5.60. The van der Waals surface area contributed by atoms with Crippen LogP contribution < -0.4 is 0 Å². The maximum absolute atomic E-state index is 12.8. The molecule has 0 aliphatic carbocycles. The van der Waals surface area contributed by atoms with Crippen molar-refractivity contribution in [3.8, 4) is 0 Å². The normalized spacial score (nSPS) is 18.3. The first-order chi connectivity index (χ1) is 15.8. The van der Waals surface area contributed by atoms with Crippen LogP contribution in [0.25, 0.3) is 17.0 Å². The van der Waals surface area contributed by atoms with Gasteiger partial charge in [-0.1, -0.05) is 62.4 Å². The minimum atomic E-state index is -0.847. The van der Waals surface area contributed by atoms with Gasteiger partial charge in [0.25, 0.3) is 0 Å². The zero-order valence-corrected chi connectivity index (χ0v) is 19.8. The number of fused-ring (bicyclic) bond motifs is 1. The average Bonchev–Trinajstić information content (AvgIpc) is 3.44. The van der Waals surface area contributed by atoms with Crippen LogP contribution in [0.5, 0.6) is 0 Å². The van der Waals surface area contributed by atoms with E-state index in [1.165, 1.54) is 5.56 Å². The molecule has 0 radical (unpaired) electrons. The van der Waals surface area contributed by atoms with Gasteiger partial charge >= 0.3 is 6.09 Å². The van der Waals surface area contributed by atoms with E-state index in [2.05, 4.69) is 23.2 Å². The van der Waals surface area contributed by atoms with Crippen LogP contribution in [0, 0.1) is 5.92 Å². The first kappa shape index (κ1) is 23.1. The number of carbonyl (C=O) groups excluding carboxylic acids is 1. The smallest absolute Gasteiger partial charge is 0.410 e. The Hall–Kier alpha value is -3.05. The third-order valence-electron chi connectivity index (χ3n) is 6.85. The van der Waals surface area contributed by atoms with Crippen molar-refractivity contribution in [3.05, 3.63) is 77.5 Å². The van der Waals surface area contributed by atoms with Gasteiger partial charge in [-0.25, -0.2) is 4.79 Å². The number of hydrogen-bond donors (Lipinski definition) is 2. The highest BCUT2D eigenvalue weighted by molar-refractivity contribution is 5.85. The van der Waals surface area contributed by atoms with Gasteiger partial charge in [0.2, 0.25) is 0 Å². The number of aromatic amines is 1. The van der Waals surface area contributed by atoms with E-state index in [0.717, 1.165) is 47.8 Å². The molecule has 1 saturated heterocycles. The number of amides is 1. The Morgan fingerprint density at radius 3 is 2.82 bits per heavy atom. The number of nitrogens with one attached hydrogen (secondary N) is 1. The first-order valence-corrected chi connectivity index (χ1v) is 11.8. The zero-order valence-electron chi connectivity index (χ0n) is 19.8. The first-order valence-electron chi connectivity index (χ1n) is 11.8. The molecule has 1 aliphatic heterocycles. The fraction of sp³-hybridized carbons (Fsp3) is 0.393. The minimum absolute atomic E-state index is 0.133. The van der Waals surface area contributed by atoms with E-state index < -0.39 is 5.60 Å². The van der Waals surface area contributed by atoms with Crippen molar-refractivity contribution in [2.24, 2.45) is 5.92 Å². The van der Waals surface area contributed by atoms with Gasteiger partial charge < -0.3 is 19.7 Å². The molecule has 0 saturated carbocycles. The molecule has 2 aromatic carbocycles. The molecule has 1 aromatic heterocycles. The number of nitrogens with zero attached hydrogens (tertiary/aromatic N) is 1. The number of ether oxygens (including phenoxy) is 1. The van der Waals surface area contributed by atoms with Crippen LogP contribution in [-0.4, -0.2) is 39.3 Å². The van der Waals surface area contributed by atoms with Crippen molar-refractivity contribution >= 4 is 23.1 Å². The van der Waals surface area contributed by atoms with Gasteiger partial charge in [0.1, 0.15) is 6.61 Å². The minimum Gasteiger partial charge on any atom is -0.445 e. The molecular weight excluding hydrogens is 412 g/mol. The second-order valence-electron chi connectivity index (χ2n) is 9.57. The van der Waals surface area contributed by atoms with Gasteiger partial charge in [-0.3, -0.25) is 0 Å². The van der Waals surface area contributed by atoms with Gasteiger partial charge in [0.05, 0.1) is 5.60 Å². The number of aromatic nitrogens is 1. The number of likely N-dealkylation sites (tertiary alicyclic amines) is 1. The van der Waals surface area contributed by atoms with E-state index in [4.69, 9.17) is 4.74 Å². The van der Waals surface area contributed by atoms with Gasteiger partial charge in [-0.15, -0.1) is 0 Å². The molecule has 1 amide bonds. The molecule has 1 fully saturated rings. The Labute approximate surface area is 196 Å². The third-order valence-corrected chi connectivity index (χ3v) is 6.85. The molecular formula is C28H34N2O3. The molecule has 2 heterocycles. The summed E-state index contributed by atoms with van der Waals surface area (Å²) in [7, 11) is 0. The number of rotatable bonds is 7. The summed E-state index contributed by atoms with van der Waals surface area (Å²) >= 11 is 0. The molecule has 33 heavy (non-hydrogen) atoms. The summed E-state index contributed by atoms with van der Waals surface area (Å²) in [5.74, 6) is 0.135. The number of carbonyl (C=O) groups is 1. The molecule has 4 rings (SSSR count). The van der Waals surface area contributed by atoms with E-state index in [1.807, 2.05) is 74.4 Å². The number of hydrogen-bond acceptors (Lipinski definition) is 3. The maximum atomic E-state index is 12.8. The molecule has 1 aliphatic rings. The molecule has 174 valence electrons. The molecule has 1 unspecified atom stereocenters. The number of aliphatic hydroxyl groups is 1. The fourth-order valence-electron chi connectivity index (χ4n) is 4.27. The van der Waals surface area contributed by atoms with Gasteiger partial charge in [-0.05, 0) is 60.9 Å². The Morgan fingerprint density at radius 1 is 1.27 bits per heavy atom. The SMILES string of the molecule is CC(C)C(C)(O)/C=C/c1ccc2[nH]cc(C[C@H]3CCCN3C(=O)OCc3ccccc3)c2c1. The second-order valence-corrected chi connectivity index (χ2v) is 9.57. The van der Waals surface area contributed by atoms with E-state index in [-0.39, 0.29) is 18.1 Å². The predicted molar refractivity (Wildman–Crippen MR) is 133 cm³/mol. The maximum Gasteiger partial charge on any atom is 0.410 e. The number of benzene rings is 2. The Kier molecular flexibility index (Phi) is 6.89. The monoisotopic (exact) mass is 446 g/mol. The van der Waals surface area contributed by atoms with Crippen molar-refractivity contribution in [1.29, 1.82) is 0 Å². The quantitative estimate of drug-likeness (QED) is 0.473. The topological polar surface area (TPSA) is 65.6 Å². The van der Waals surface area contributed by atoms with Crippen molar-refractivity contribution < 1.29 is 14.6 Å². The Balaban J connectivity index is 1.46. The fourth-order valence-corrected chi connectivity index (χ4v) is 4.27. The van der Waals surface area contributed by atoms with Crippen LogP contribution in [0.1, 0.15) is 50.3 Å². The molecule has 5 heteroatoms. The van der Waals surface area contributed by atoms with Gasteiger partial charge in [0.15, 0.2) is 0 Å². The lowest BCUT2D eigenvalue weighted by Crippen LogP contribution is -2.37. The Bertz CT molecular complexity index is 1110. The summed E-state index contributed by atoms with van der Waals surface area (Å²) in [6.07, 6.45) is 8.42. The summed E-state index contributed by atoms with van der Waals surface area (Å²) in [6.45, 7) is 6.89. The lowest BCUT2D eigenvalue weighted by atomic mass is 9.91. The molecule has 2 N–H and O–H groups in total. The van der Waals surface area contributed by atoms with E-state index in [9.17, 15) is 9.90 Å². The largest absolute Gasteiger partial charge is 0.445 e. The summed E-state index contributed by atoms with van der Waals surface area (Å²) in [4.78, 5) is 18.0. The van der Waals surface area contributed by atoms with Crippen molar-refractivity contribution in [3.63, 3.8) is 0 Å². The zero-order chi connectivity index (χ0) is 23.4. The van der Waals surface area contributed by atoms with E-state index in [1.54, 1.807) is 0 Å². The predicted octanol–water partition coefficient (Wildman–Crippen LogP) is 5.93. The van der Waals surface area contributed by atoms with Crippen LogP contribution in [0.3, 0.4) is 0 Å². The summed E-state index contributed by atoms with van der Waals surface area (Å²) in [5.41, 5.74) is 3.48. The Morgan fingerprint density at radius 2 is 2.06 bits per heavy atom. The van der Waals surface area contributed by atoms with Crippen molar-refractivity contribution in [1.82, 2.24) is 9.88 Å². The van der Waals surface area contributed by atoms with Crippen molar-refractivity contribution in [2.45, 2.75) is 58.3 Å². The standard InChI is InChI=1S/C28H34N2O3/c1-20(2)28(3,32)14-13-21-11-12-26-25(16-21)23(18-29-26)17-24-10-7-15-30(24)27(31)33-19-22-8-5-4-6-9-22/h4-6,8-9,11-14,16,18,20,24,29,32H,7,10,15,17,19H2,1-3H3/b14-13+/t24-,28?/m1/s1. The van der Waals surface area contributed by atoms with Crippen LogP contribution in [0.4, 0.5) is 4.79 Å². The van der Waals surface area contributed by atoms with Gasteiger partial charge in [0, 0.05) is 29.7 Å². The van der Waals surface area contributed by atoms with Crippen LogP contribution >= 0.6 is 0 Å². The average molecular weight is 447 g/mol. The molecule has 3 aromatic rings. The molecule has 5 nitrogen and oxygen atoms in total. The van der Waals surface area contributed by atoms with Crippen LogP contribution in [-0.2, 0) is 17.8 Å². The van der Waals surface area contributed by atoms with Gasteiger partial charge in [-0.2, -0.15) is 0 Å². The highest BCUT2D eigenvalue weighted by atomic mass is 16.6.